The largest absolute Gasteiger partial charge is 0.467 e. The first-order chi connectivity index (χ1) is 12.3. The molecule has 0 fully saturated rings. The molecule has 0 spiro atoms. The van der Waals surface area contributed by atoms with Gasteiger partial charge in [0.25, 0.3) is 11.8 Å². The van der Waals surface area contributed by atoms with Gasteiger partial charge in [-0.3, -0.25) is 24.6 Å². The highest BCUT2D eigenvalue weighted by atomic mass is 16.6. The average molecular weight is 364 g/mol. The van der Waals surface area contributed by atoms with Crippen LogP contribution in [-0.4, -0.2) is 59.4 Å². The Hall–Kier alpha value is -3.30. The van der Waals surface area contributed by atoms with Gasteiger partial charge >= 0.3 is 18.0 Å². The van der Waals surface area contributed by atoms with Crippen LogP contribution in [-0.2, 0) is 19.1 Å². The summed E-state index contributed by atoms with van der Waals surface area (Å²) in [5, 5.41) is 11.2. The van der Waals surface area contributed by atoms with Crippen molar-refractivity contribution in [1.82, 2.24) is 4.90 Å². The number of carbonyl (C=O) groups is 4. The van der Waals surface area contributed by atoms with Crippen molar-refractivity contribution >= 4 is 23.8 Å². The fourth-order valence-corrected chi connectivity index (χ4v) is 2.65. The van der Waals surface area contributed by atoms with E-state index in [1.807, 2.05) is 0 Å². The predicted molar refractivity (Wildman–Crippen MR) is 84.8 cm³/mol. The SMILES string of the molecule is CCOC(=O)C(C[C@@H](C(=O)OC)N1C(=O)c2ccccc2C1=O)[N+](=O)[O-]. The molecule has 1 unspecified atom stereocenters. The maximum atomic E-state index is 12.5. The standard InChI is InChI=1S/C16H16N2O8/c1-3-26-16(22)12(18(23)24)8-11(15(21)25-2)17-13(19)9-6-4-5-7-10(9)14(17)20/h4-7,11-12H,3,8H2,1-2H3/t11-,12?/m0/s1. The molecule has 1 aliphatic rings. The summed E-state index contributed by atoms with van der Waals surface area (Å²) in [6.07, 6.45) is -0.746. The Morgan fingerprint density at radius 2 is 1.69 bits per heavy atom. The maximum absolute atomic E-state index is 12.5. The van der Waals surface area contributed by atoms with E-state index in [9.17, 15) is 29.3 Å². The molecule has 26 heavy (non-hydrogen) atoms. The zero-order valence-electron chi connectivity index (χ0n) is 14.0. The minimum absolute atomic E-state index is 0.0696. The van der Waals surface area contributed by atoms with Gasteiger partial charge < -0.3 is 9.47 Å². The number of amides is 2. The molecule has 0 bridgehead atoms. The normalized spacial score (nSPS) is 15.2. The van der Waals surface area contributed by atoms with Gasteiger partial charge in [0.1, 0.15) is 6.04 Å². The van der Waals surface area contributed by atoms with E-state index < -0.39 is 47.2 Å². The van der Waals surface area contributed by atoms with Gasteiger partial charge in [0, 0.05) is 4.92 Å². The Balaban J connectivity index is 2.38. The van der Waals surface area contributed by atoms with Crippen LogP contribution in [0.15, 0.2) is 24.3 Å². The van der Waals surface area contributed by atoms with Crippen molar-refractivity contribution in [3.63, 3.8) is 0 Å². The summed E-state index contributed by atoms with van der Waals surface area (Å²) in [6.45, 7) is 1.37. The van der Waals surface area contributed by atoms with Gasteiger partial charge in [-0.15, -0.1) is 0 Å². The van der Waals surface area contributed by atoms with Crippen molar-refractivity contribution in [3.05, 3.63) is 45.5 Å². The van der Waals surface area contributed by atoms with Crippen LogP contribution in [0.25, 0.3) is 0 Å². The first-order valence-electron chi connectivity index (χ1n) is 7.68. The van der Waals surface area contributed by atoms with E-state index in [1.165, 1.54) is 19.1 Å². The summed E-state index contributed by atoms with van der Waals surface area (Å²) in [4.78, 5) is 59.9. The molecule has 10 heteroatoms. The molecular weight excluding hydrogens is 348 g/mol. The van der Waals surface area contributed by atoms with Crippen LogP contribution in [0.1, 0.15) is 34.1 Å². The fraction of sp³-hybridized carbons (Fsp3) is 0.375. The average Bonchev–Trinajstić information content (AvgIpc) is 2.87. The number of hydrogen-bond acceptors (Lipinski definition) is 8. The molecule has 2 atom stereocenters. The molecule has 1 heterocycles. The Labute approximate surface area is 147 Å². The number of benzene rings is 1. The monoisotopic (exact) mass is 364 g/mol. The van der Waals surface area contributed by atoms with Crippen LogP contribution >= 0.6 is 0 Å². The van der Waals surface area contributed by atoms with Crippen molar-refractivity contribution in [2.45, 2.75) is 25.4 Å². The first-order valence-corrected chi connectivity index (χ1v) is 7.68. The van der Waals surface area contributed by atoms with Crippen LogP contribution < -0.4 is 0 Å². The summed E-state index contributed by atoms with van der Waals surface area (Å²) >= 11 is 0. The van der Waals surface area contributed by atoms with Gasteiger partial charge in [0.2, 0.25) is 0 Å². The van der Waals surface area contributed by atoms with Gasteiger partial charge in [-0.05, 0) is 19.1 Å². The molecule has 0 aliphatic carbocycles. The zero-order valence-corrected chi connectivity index (χ0v) is 14.0. The van der Waals surface area contributed by atoms with Crippen LogP contribution in [0.5, 0.6) is 0 Å². The highest BCUT2D eigenvalue weighted by Gasteiger charge is 2.47. The lowest BCUT2D eigenvalue weighted by Gasteiger charge is -2.24. The van der Waals surface area contributed by atoms with E-state index >= 15 is 0 Å². The lowest BCUT2D eigenvalue weighted by Crippen LogP contribution is -2.49. The molecular formula is C16H16N2O8. The second kappa shape index (κ2) is 7.72. The number of carbonyl (C=O) groups excluding carboxylic acids is 4. The highest BCUT2D eigenvalue weighted by molar-refractivity contribution is 6.22. The van der Waals surface area contributed by atoms with E-state index in [0.717, 1.165) is 7.11 Å². The summed E-state index contributed by atoms with van der Waals surface area (Å²) in [6, 6.07) is 2.33. The molecule has 0 N–H and O–H groups in total. The maximum Gasteiger partial charge on any atom is 0.381 e. The Kier molecular flexibility index (Phi) is 5.65. The predicted octanol–water partition coefficient (Wildman–Crippen LogP) is 0.423. The molecule has 0 saturated heterocycles. The third-order valence-corrected chi connectivity index (χ3v) is 3.87. The van der Waals surface area contributed by atoms with Crippen LogP contribution in [0, 0.1) is 10.1 Å². The third kappa shape index (κ3) is 3.39. The molecule has 10 nitrogen and oxygen atoms in total. The number of nitrogens with zero attached hydrogens (tertiary/aromatic N) is 2. The lowest BCUT2D eigenvalue weighted by molar-refractivity contribution is -0.512. The summed E-state index contributed by atoms with van der Waals surface area (Å²) < 4.78 is 9.22. The Bertz CT molecular complexity index is 740. The quantitative estimate of drug-likeness (QED) is 0.294. The van der Waals surface area contributed by atoms with E-state index in [4.69, 9.17) is 0 Å². The van der Waals surface area contributed by atoms with Crippen molar-refractivity contribution < 1.29 is 33.6 Å². The second-order valence-corrected chi connectivity index (χ2v) is 5.35. The van der Waals surface area contributed by atoms with Crippen molar-refractivity contribution in [3.8, 4) is 0 Å². The summed E-state index contributed by atoms with van der Waals surface area (Å²) in [5.41, 5.74) is 0.139. The number of hydrogen-bond donors (Lipinski definition) is 0. The van der Waals surface area contributed by atoms with Gasteiger partial charge in [-0.2, -0.15) is 0 Å². The van der Waals surface area contributed by atoms with Crippen molar-refractivity contribution in [2.75, 3.05) is 13.7 Å². The number of fused-ring (bicyclic) bond motifs is 1. The van der Waals surface area contributed by atoms with Crippen LogP contribution in [0.4, 0.5) is 0 Å². The Morgan fingerprint density at radius 1 is 1.15 bits per heavy atom. The Morgan fingerprint density at radius 3 is 2.12 bits per heavy atom. The van der Waals surface area contributed by atoms with Crippen LogP contribution in [0.3, 0.4) is 0 Å². The third-order valence-electron chi connectivity index (χ3n) is 3.87. The molecule has 2 amide bonds. The number of nitro groups is 1. The lowest BCUT2D eigenvalue weighted by atomic mass is 10.1. The van der Waals surface area contributed by atoms with E-state index in [-0.39, 0.29) is 17.7 Å². The number of rotatable bonds is 7. The van der Waals surface area contributed by atoms with Crippen molar-refractivity contribution in [2.24, 2.45) is 0 Å². The van der Waals surface area contributed by atoms with Gasteiger partial charge in [-0.1, -0.05) is 12.1 Å². The van der Waals surface area contributed by atoms with Gasteiger partial charge in [0.05, 0.1) is 31.3 Å². The second-order valence-electron chi connectivity index (χ2n) is 5.35. The smallest absolute Gasteiger partial charge is 0.381 e. The highest BCUT2D eigenvalue weighted by Crippen LogP contribution is 2.27. The molecule has 0 aromatic heterocycles. The molecule has 1 aliphatic heterocycles. The van der Waals surface area contributed by atoms with E-state index in [0.29, 0.717) is 4.90 Å². The van der Waals surface area contributed by atoms with E-state index in [2.05, 4.69) is 9.47 Å². The zero-order chi connectivity index (χ0) is 19.4. The van der Waals surface area contributed by atoms with Gasteiger partial charge in [0.15, 0.2) is 0 Å². The van der Waals surface area contributed by atoms with E-state index in [1.54, 1.807) is 12.1 Å². The number of imide groups is 1. The minimum atomic E-state index is -1.93. The molecule has 1 aromatic carbocycles. The number of esters is 2. The minimum Gasteiger partial charge on any atom is -0.467 e. The van der Waals surface area contributed by atoms with Gasteiger partial charge in [-0.25, -0.2) is 9.59 Å². The molecule has 0 saturated carbocycles. The molecule has 2 rings (SSSR count). The molecule has 138 valence electrons. The number of methoxy groups -OCH3 is 1. The number of ether oxygens (including phenoxy) is 2. The fourth-order valence-electron chi connectivity index (χ4n) is 2.65. The summed E-state index contributed by atoms with van der Waals surface area (Å²) in [5.74, 6) is -3.78. The molecule has 1 aromatic rings. The van der Waals surface area contributed by atoms with Crippen molar-refractivity contribution in [1.29, 1.82) is 0 Å². The summed E-state index contributed by atoms with van der Waals surface area (Å²) in [7, 11) is 1.01. The first kappa shape index (κ1) is 19.0. The topological polar surface area (TPSA) is 133 Å². The molecule has 0 radical (unpaired) electrons. The van der Waals surface area contributed by atoms with Crippen LogP contribution in [0.2, 0.25) is 0 Å².